The Morgan fingerprint density at radius 3 is 2.56 bits per heavy atom. The molecule has 0 aromatic heterocycles. The smallest absolute Gasteiger partial charge is 0.0892 e. The molecule has 1 aliphatic heterocycles. The van der Waals surface area contributed by atoms with Crippen LogP contribution >= 0.6 is 0 Å². The highest BCUT2D eigenvalue weighted by molar-refractivity contribution is 5.15. The third-order valence-corrected chi connectivity index (χ3v) is 3.73. The molecule has 2 rings (SSSR count). The molecule has 0 spiro atoms. The van der Waals surface area contributed by atoms with Crippen molar-refractivity contribution in [2.75, 3.05) is 0 Å². The van der Waals surface area contributed by atoms with Gasteiger partial charge in [-0.1, -0.05) is 42.0 Å². The van der Waals surface area contributed by atoms with Crippen molar-refractivity contribution in [2.45, 2.75) is 58.2 Å². The van der Waals surface area contributed by atoms with Crippen molar-refractivity contribution in [1.82, 2.24) is 0 Å². The molecule has 1 fully saturated rings. The summed E-state index contributed by atoms with van der Waals surface area (Å²) >= 11 is 0. The van der Waals surface area contributed by atoms with Gasteiger partial charge >= 0.3 is 0 Å². The Hall–Kier alpha value is -1.08. The van der Waals surface area contributed by atoms with Crippen LogP contribution in [0, 0.1) is 0 Å². The van der Waals surface area contributed by atoms with Crippen molar-refractivity contribution in [3.05, 3.63) is 47.5 Å². The average molecular weight is 244 g/mol. The minimum atomic E-state index is 0.143. The Bertz CT molecular complexity index is 403. The zero-order valence-corrected chi connectivity index (χ0v) is 11.8. The second-order valence-electron chi connectivity index (χ2n) is 5.82. The SMILES string of the molecule is CC(=CCCc1ccccc1)CCC1OC1(C)C. The summed E-state index contributed by atoms with van der Waals surface area (Å²) in [6.07, 6.45) is 7.48. The highest BCUT2D eigenvalue weighted by Crippen LogP contribution is 2.38. The van der Waals surface area contributed by atoms with Gasteiger partial charge in [0.25, 0.3) is 0 Å². The first kappa shape index (κ1) is 13.4. The molecule has 1 atom stereocenters. The number of hydrogen-bond donors (Lipinski definition) is 0. The van der Waals surface area contributed by atoms with Crippen LogP contribution in [0.15, 0.2) is 42.0 Å². The van der Waals surface area contributed by atoms with Gasteiger partial charge in [0.1, 0.15) is 0 Å². The number of aryl methyl sites for hydroxylation is 1. The number of epoxide rings is 1. The molecule has 18 heavy (non-hydrogen) atoms. The molecule has 0 N–H and O–H groups in total. The second kappa shape index (κ2) is 5.71. The molecule has 0 bridgehead atoms. The lowest BCUT2D eigenvalue weighted by Gasteiger charge is -2.01. The maximum absolute atomic E-state index is 5.60. The summed E-state index contributed by atoms with van der Waals surface area (Å²) in [7, 11) is 0. The Balaban J connectivity index is 1.66. The molecule has 1 unspecified atom stereocenters. The molecule has 98 valence electrons. The monoisotopic (exact) mass is 244 g/mol. The molecule has 0 saturated carbocycles. The summed E-state index contributed by atoms with van der Waals surface area (Å²) in [5, 5.41) is 0. The Labute approximate surface area is 111 Å². The minimum Gasteiger partial charge on any atom is -0.367 e. The van der Waals surface area contributed by atoms with E-state index in [-0.39, 0.29) is 5.60 Å². The van der Waals surface area contributed by atoms with Crippen molar-refractivity contribution in [1.29, 1.82) is 0 Å². The van der Waals surface area contributed by atoms with Crippen LogP contribution in [0.25, 0.3) is 0 Å². The van der Waals surface area contributed by atoms with E-state index in [0.29, 0.717) is 6.10 Å². The van der Waals surface area contributed by atoms with Gasteiger partial charge in [-0.15, -0.1) is 0 Å². The third-order valence-electron chi connectivity index (χ3n) is 3.73. The zero-order valence-electron chi connectivity index (χ0n) is 11.8. The van der Waals surface area contributed by atoms with Gasteiger partial charge < -0.3 is 4.74 Å². The number of allylic oxidation sites excluding steroid dienone is 2. The molecule has 1 nitrogen and oxygen atoms in total. The number of rotatable bonds is 6. The van der Waals surface area contributed by atoms with Gasteiger partial charge in [0.05, 0.1) is 11.7 Å². The molecule has 1 aromatic rings. The van der Waals surface area contributed by atoms with E-state index in [9.17, 15) is 0 Å². The van der Waals surface area contributed by atoms with Gasteiger partial charge in [-0.05, 0) is 52.0 Å². The number of hydrogen-bond acceptors (Lipinski definition) is 1. The first-order valence-electron chi connectivity index (χ1n) is 6.95. The van der Waals surface area contributed by atoms with Crippen LogP contribution in [0.1, 0.15) is 45.6 Å². The minimum absolute atomic E-state index is 0.143. The molecule has 1 aromatic carbocycles. The van der Waals surface area contributed by atoms with Crippen LogP contribution in [0.4, 0.5) is 0 Å². The number of ether oxygens (including phenoxy) is 1. The van der Waals surface area contributed by atoms with Gasteiger partial charge in [-0.2, -0.15) is 0 Å². The molecule has 1 aliphatic rings. The highest BCUT2D eigenvalue weighted by atomic mass is 16.6. The maximum atomic E-state index is 5.60. The predicted octanol–water partition coefficient (Wildman–Crippen LogP) is 4.52. The Morgan fingerprint density at radius 2 is 1.94 bits per heavy atom. The first-order chi connectivity index (χ1) is 8.58. The van der Waals surface area contributed by atoms with Crippen molar-refractivity contribution < 1.29 is 4.74 Å². The van der Waals surface area contributed by atoms with Gasteiger partial charge in [0, 0.05) is 0 Å². The van der Waals surface area contributed by atoms with Crippen molar-refractivity contribution in [2.24, 2.45) is 0 Å². The van der Waals surface area contributed by atoms with E-state index in [1.165, 1.54) is 24.0 Å². The van der Waals surface area contributed by atoms with Gasteiger partial charge in [0.2, 0.25) is 0 Å². The van der Waals surface area contributed by atoms with Crippen LogP contribution in [-0.4, -0.2) is 11.7 Å². The van der Waals surface area contributed by atoms with Gasteiger partial charge in [-0.25, -0.2) is 0 Å². The van der Waals surface area contributed by atoms with E-state index in [2.05, 4.69) is 57.2 Å². The van der Waals surface area contributed by atoms with E-state index < -0.39 is 0 Å². The normalized spacial score (nSPS) is 21.9. The fourth-order valence-corrected chi connectivity index (χ4v) is 2.33. The van der Waals surface area contributed by atoms with Crippen molar-refractivity contribution in [3.63, 3.8) is 0 Å². The van der Waals surface area contributed by atoms with Crippen LogP contribution in [0.3, 0.4) is 0 Å². The van der Waals surface area contributed by atoms with E-state index in [1.807, 2.05) is 0 Å². The summed E-state index contributed by atoms with van der Waals surface area (Å²) in [6, 6.07) is 10.7. The molecular formula is C17H24O. The second-order valence-corrected chi connectivity index (χ2v) is 5.82. The molecular weight excluding hydrogens is 220 g/mol. The largest absolute Gasteiger partial charge is 0.367 e. The molecule has 0 radical (unpaired) electrons. The summed E-state index contributed by atoms with van der Waals surface area (Å²) in [4.78, 5) is 0. The quantitative estimate of drug-likeness (QED) is 0.529. The summed E-state index contributed by atoms with van der Waals surface area (Å²) < 4.78 is 5.60. The summed E-state index contributed by atoms with van der Waals surface area (Å²) in [6.45, 7) is 6.58. The Kier molecular flexibility index (Phi) is 4.23. The molecule has 0 aliphatic carbocycles. The lowest BCUT2D eigenvalue weighted by atomic mass is 10.0. The molecule has 1 saturated heterocycles. The van der Waals surface area contributed by atoms with E-state index in [1.54, 1.807) is 0 Å². The fourth-order valence-electron chi connectivity index (χ4n) is 2.33. The average Bonchev–Trinajstić information content (AvgIpc) is 2.96. The topological polar surface area (TPSA) is 12.5 Å². The molecule has 1 heteroatoms. The Morgan fingerprint density at radius 1 is 1.28 bits per heavy atom. The van der Waals surface area contributed by atoms with E-state index >= 15 is 0 Å². The maximum Gasteiger partial charge on any atom is 0.0892 e. The van der Waals surface area contributed by atoms with Gasteiger partial charge in [-0.3, -0.25) is 0 Å². The zero-order chi connectivity index (χ0) is 13.0. The van der Waals surface area contributed by atoms with E-state index in [0.717, 1.165) is 12.8 Å². The van der Waals surface area contributed by atoms with Crippen LogP contribution in [0.2, 0.25) is 0 Å². The van der Waals surface area contributed by atoms with Crippen molar-refractivity contribution >= 4 is 0 Å². The van der Waals surface area contributed by atoms with Gasteiger partial charge in [0.15, 0.2) is 0 Å². The molecule has 0 amide bonds. The van der Waals surface area contributed by atoms with Crippen molar-refractivity contribution in [3.8, 4) is 0 Å². The fraction of sp³-hybridized carbons (Fsp3) is 0.529. The van der Waals surface area contributed by atoms with Crippen LogP contribution in [0.5, 0.6) is 0 Å². The number of benzene rings is 1. The first-order valence-corrected chi connectivity index (χ1v) is 6.95. The van der Waals surface area contributed by atoms with Crippen LogP contribution in [-0.2, 0) is 11.2 Å². The standard InChI is InChI=1S/C17H24O/c1-14(12-13-16-17(2,3)18-16)8-7-11-15-9-5-4-6-10-15/h4-6,8-10,16H,7,11-13H2,1-3H3. The lowest BCUT2D eigenvalue weighted by molar-refractivity contribution is 0.320. The summed E-state index contributed by atoms with van der Waals surface area (Å²) in [5.41, 5.74) is 3.06. The highest BCUT2D eigenvalue weighted by Gasteiger charge is 2.46. The van der Waals surface area contributed by atoms with E-state index in [4.69, 9.17) is 4.74 Å². The summed E-state index contributed by atoms with van der Waals surface area (Å²) in [5.74, 6) is 0. The lowest BCUT2D eigenvalue weighted by Crippen LogP contribution is -2.02. The molecule has 1 heterocycles. The van der Waals surface area contributed by atoms with Crippen LogP contribution < -0.4 is 0 Å². The predicted molar refractivity (Wildman–Crippen MR) is 76.7 cm³/mol. The third kappa shape index (κ3) is 3.99.